The summed E-state index contributed by atoms with van der Waals surface area (Å²) in [5.74, 6) is -3.26. The first kappa shape index (κ1) is 27.0. The molecule has 7 heteroatoms. The summed E-state index contributed by atoms with van der Waals surface area (Å²) in [6.07, 6.45) is 5.01. The van der Waals surface area contributed by atoms with Crippen LogP contribution in [0.3, 0.4) is 0 Å². The Hall–Kier alpha value is -3.03. The average Bonchev–Trinajstić information content (AvgIpc) is 3.13. The van der Waals surface area contributed by atoms with Crippen LogP contribution in [0.4, 0.5) is 0 Å². The molecule has 1 spiro atoms. The highest BCUT2D eigenvalue weighted by Gasteiger charge is 2.68. The number of hydrogen-bond donors (Lipinski definition) is 3. The smallest absolute Gasteiger partial charge is 0.303 e. The molecule has 1 saturated carbocycles. The van der Waals surface area contributed by atoms with Crippen molar-refractivity contribution in [3.05, 3.63) is 72.4 Å². The summed E-state index contributed by atoms with van der Waals surface area (Å²) in [4.78, 5) is 39.5. The van der Waals surface area contributed by atoms with Gasteiger partial charge in [0.25, 0.3) is 0 Å². The molecule has 3 N–H and O–H groups in total. The lowest BCUT2D eigenvalue weighted by molar-refractivity contribution is -0.166. The van der Waals surface area contributed by atoms with Crippen LogP contribution in [-0.2, 0) is 25.5 Å². The van der Waals surface area contributed by atoms with Crippen LogP contribution in [0, 0.1) is 29.1 Å². The van der Waals surface area contributed by atoms with E-state index in [4.69, 9.17) is 4.74 Å². The van der Waals surface area contributed by atoms with Crippen LogP contribution in [0.1, 0.15) is 39.7 Å². The number of hydrogen-bond acceptors (Lipinski definition) is 6. The van der Waals surface area contributed by atoms with Gasteiger partial charge in [-0.3, -0.25) is 14.4 Å². The Morgan fingerprint density at radius 3 is 2.51 bits per heavy atom. The van der Waals surface area contributed by atoms with E-state index >= 15 is 0 Å². The first-order chi connectivity index (χ1) is 17.4. The normalized spacial score (nSPS) is 39.8. The quantitative estimate of drug-likeness (QED) is 0.428. The zero-order valence-electron chi connectivity index (χ0n) is 21.9. The number of carbonyl (C=O) groups excluding carboxylic acids is 3. The minimum absolute atomic E-state index is 0.287. The molecule has 198 valence electrons. The van der Waals surface area contributed by atoms with E-state index in [0.717, 1.165) is 5.56 Å². The van der Waals surface area contributed by atoms with Gasteiger partial charge in [0.2, 0.25) is 5.91 Å². The maximum Gasteiger partial charge on any atom is 0.303 e. The van der Waals surface area contributed by atoms with Gasteiger partial charge in [0, 0.05) is 30.7 Å². The lowest BCUT2D eigenvalue weighted by Gasteiger charge is -2.52. The summed E-state index contributed by atoms with van der Waals surface area (Å²) in [6, 6.07) is 9.49. The van der Waals surface area contributed by atoms with Gasteiger partial charge < -0.3 is 20.3 Å². The Balaban J connectivity index is 1.94. The van der Waals surface area contributed by atoms with Crippen LogP contribution in [0.15, 0.2) is 66.8 Å². The summed E-state index contributed by atoms with van der Waals surface area (Å²) in [7, 11) is 0. The molecule has 0 unspecified atom stereocenters. The van der Waals surface area contributed by atoms with Crippen LogP contribution in [0.5, 0.6) is 0 Å². The van der Waals surface area contributed by atoms with Crippen molar-refractivity contribution in [2.75, 3.05) is 0 Å². The molecule has 0 bridgehead atoms. The molecule has 1 aliphatic heterocycles. The molecule has 2 fully saturated rings. The van der Waals surface area contributed by atoms with E-state index in [2.05, 4.69) is 11.9 Å². The lowest BCUT2D eigenvalue weighted by Crippen LogP contribution is -2.60. The number of ether oxygens (including phenoxy) is 1. The Labute approximate surface area is 218 Å². The van der Waals surface area contributed by atoms with Gasteiger partial charge in [-0.25, -0.2) is 0 Å². The topological polar surface area (TPSA) is 113 Å². The van der Waals surface area contributed by atoms with Crippen molar-refractivity contribution in [1.29, 1.82) is 0 Å². The number of allylic oxidation sites excluding steroid dienone is 1. The van der Waals surface area contributed by atoms with E-state index in [1.165, 1.54) is 26.0 Å². The predicted molar refractivity (Wildman–Crippen MR) is 139 cm³/mol. The third-order valence-corrected chi connectivity index (χ3v) is 8.53. The first-order valence-electron chi connectivity index (χ1n) is 12.9. The Morgan fingerprint density at radius 2 is 1.86 bits per heavy atom. The SMILES string of the molecule is C=C1[C@@H](C)[C@H]2[C@H](Cc3ccccc3)NC(=O)[C@]23[C@H](OC(C)=O)C=C[C@@](C)(O)C(=O)[C@@H](C)CC=C[C@H]3[C@@H]1O. The molecule has 0 radical (unpaired) electrons. The predicted octanol–water partition coefficient (Wildman–Crippen LogP) is 2.92. The van der Waals surface area contributed by atoms with Gasteiger partial charge >= 0.3 is 5.97 Å². The molecule has 4 rings (SSSR count). The number of esters is 1. The molecule has 1 aromatic carbocycles. The van der Waals surface area contributed by atoms with E-state index in [1.54, 1.807) is 19.1 Å². The molecule has 7 nitrogen and oxygen atoms in total. The van der Waals surface area contributed by atoms with E-state index in [1.807, 2.05) is 37.3 Å². The monoisotopic (exact) mass is 507 g/mol. The van der Waals surface area contributed by atoms with Gasteiger partial charge in [0.1, 0.15) is 17.1 Å². The fourth-order valence-corrected chi connectivity index (χ4v) is 6.68. The van der Waals surface area contributed by atoms with Gasteiger partial charge in [0.05, 0.1) is 6.10 Å². The Morgan fingerprint density at radius 1 is 1.19 bits per heavy atom. The molecule has 1 heterocycles. The number of aliphatic hydroxyl groups excluding tert-OH is 1. The highest BCUT2D eigenvalue weighted by atomic mass is 16.5. The molecule has 2 aliphatic carbocycles. The second kappa shape index (κ2) is 10.0. The molecular formula is C30H37NO6. The van der Waals surface area contributed by atoms with Crippen LogP contribution in [-0.4, -0.2) is 51.7 Å². The summed E-state index contributed by atoms with van der Waals surface area (Å²) >= 11 is 0. The number of benzene rings is 1. The van der Waals surface area contributed by atoms with Crippen LogP contribution >= 0.6 is 0 Å². The van der Waals surface area contributed by atoms with E-state index in [-0.39, 0.29) is 23.7 Å². The van der Waals surface area contributed by atoms with Gasteiger partial charge in [0.15, 0.2) is 5.78 Å². The number of rotatable bonds is 3. The minimum Gasteiger partial charge on any atom is -0.457 e. The van der Waals surface area contributed by atoms with Crippen molar-refractivity contribution < 1.29 is 29.3 Å². The third-order valence-electron chi connectivity index (χ3n) is 8.53. The van der Waals surface area contributed by atoms with Crippen molar-refractivity contribution in [3.63, 3.8) is 0 Å². The summed E-state index contributed by atoms with van der Waals surface area (Å²) in [5, 5.41) is 25.7. The lowest BCUT2D eigenvalue weighted by atomic mass is 9.51. The highest BCUT2D eigenvalue weighted by molar-refractivity contribution is 5.91. The number of amides is 1. The van der Waals surface area contributed by atoms with Crippen molar-refractivity contribution in [1.82, 2.24) is 5.32 Å². The molecule has 0 aromatic heterocycles. The zero-order valence-corrected chi connectivity index (χ0v) is 21.9. The summed E-state index contributed by atoms with van der Waals surface area (Å²) in [5.41, 5.74) is -1.55. The van der Waals surface area contributed by atoms with Crippen molar-refractivity contribution in [2.45, 2.75) is 64.4 Å². The number of ketones is 1. The number of Topliss-reactive ketones (excluding diaryl/α,β-unsaturated/α-hetero) is 1. The molecule has 3 aliphatic rings. The van der Waals surface area contributed by atoms with Crippen LogP contribution in [0.2, 0.25) is 0 Å². The van der Waals surface area contributed by atoms with Gasteiger partial charge in [-0.05, 0) is 49.0 Å². The Kier molecular flexibility index (Phi) is 7.32. The maximum atomic E-state index is 14.2. The molecule has 1 amide bonds. The fourth-order valence-electron chi connectivity index (χ4n) is 6.68. The van der Waals surface area contributed by atoms with Gasteiger partial charge in [-0.15, -0.1) is 0 Å². The minimum atomic E-state index is -1.82. The number of aliphatic hydroxyl groups is 2. The second-order valence-corrected chi connectivity index (χ2v) is 11.0. The summed E-state index contributed by atoms with van der Waals surface area (Å²) in [6.45, 7) is 10.5. The van der Waals surface area contributed by atoms with Crippen molar-refractivity contribution in [2.24, 2.45) is 29.1 Å². The fraction of sp³-hybridized carbons (Fsp3) is 0.500. The standard InChI is InChI=1S/C30H37NO6/c1-17-10-9-13-22-26(33)19(3)18(2)25-23(16-21-11-7-6-8-12-21)31-28(35)30(22,25)24(37-20(4)32)14-15-29(5,36)27(17)34/h6-9,11-15,17-18,22-26,33,36H,3,10,16H2,1-2,4-5H3,(H,31,35)/t17-,18+,22-,23-,24+,25-,26+,29+,30+/m0/s1. The van der Waals surface area contributed by atoms with Gasteiger partial charge in [-0.2, -0.15) is 0 Å². The molecular weight excluding hydrogens is 470 g/mol. The largest absolute Gasteiger partial charge is 0.457 e. The molecule has 1 saturated heterocycles. The molecule has 1 aromatic rings. The summed E-state index contributed by atoms with van der Waals surface area (Å²) < 4.78 is 5.81. The van der Waals surface area contributed by atoms with Gasteiger partial charge in [-0.1, -0.05) is 62.9 Å². The molecule has 37 heavy (non-hydrogen) atoms. The Bertz CT molecular complexity index is 1140. The van der Waals surface area contributed by atoms with Crippen LogP contribution in [0.25, 0.3) is 0 Å². The number of carbonyl (C=O) groups is 3. The maximum absolute atomic E-state index is 14.2. The van der Waals surface area contributed by atoms with E-state index in [9.17, 15) is 24.6 Å². The van der Waals surface area contributed by atoms with Crippen LogP contribution < -0.4 is 5.32 Å². The van der Waals surface area contributed by atoms with Crippen molar-refractivity contribution >= 4 is 17.7 Å². The zero-order chi connectivity index (χ0) is 27.1. The van der Waals surface area contributed by atoms with E-state index < -0.39 is 46.9 Å². The van der Waals surface area contributed by atoms with E-state index in [0.29, 0.717) is 18.4 Å². The number of nitrogens with one attached hydrogen (secondary N) is 1. The third kappa shape index (κ3) is 4.59. The second-order valence-electron chi connectivity index (χ2n) is 11.0. The first-order valence-corrected chi connectivity index (χ1v) is 12.9. The van der Waals surface area contributed by atoms with Crippen molar-refractivity contribution in [3.8, 4) is 0 Å². The highest BCUT2D eigenvalue weighted by Crippen LogP contribution is 2.58. The average molecular weight is 508 g/mol. The molecule has 9 atom stereocenters.